The van der Waals surface area contributed by atoms with Gasteiger partial charge in [0.1, 0.15) is 6.17 Å². The number of rotatable bonds is 1. The molecular formula is C7H14FN. The minimum Gasteiger partial charge on any atom is -0.311 e. The Bertz CT molecular complexity index is 77.0. The fourth-order valence-corrected chi connectivity index (χ4v) is 1.27. The lowest BCUT2D eigenvalue weighted by molar-refractivity contribution is 0.235. The van der Waals surface area contributed by atoms with Crippen LogP contribution in [-0.4, -0.2) is 18.8 Å². The van der Waals surface area contributed by atoms with Crippen LogP contribution in [0, 0.1) is 0 Å². The molecule has 1 heterocycles. The highest BCUT2D eigenvalue weighted by Crippen LogP contribution is 2.11. The first-order valence-corrected chi connectivity index (χ1v) is 3.68. The second kappa shape index (κ2) is 3.16. The van der Waals surface area contributed by atoms with Crippen molar-refractivity contribution >= 4 is 0 Å². The van der Waals surface area contributed by atoms with Crippen molar-refractivity contribution in [3.8, 4) is 0 Å². The first kappa shape index (κ1) is 7.00. The number of piperidine rings is 1. The molecule has 54 valence electrons. The zero-order valence-electron chi connectivity index (χ0n) is 5.86. The Morgan fingerprint density at radius 1 is 1.56 bits per heavy atom. The first-order valence-electron chi connectivity index (χ1n) is 3.68. The van der Waals surface area contributed by atoms with Gasteiger partial charge in [-0.05, 0) is 26.3 Å². The molecule has 0 radical (unpaired) electrons. The van der Waals surface area contributed by atoms with Crippen molar-refractivity contribution in [1.29, 1.82) is 0 Å². The van der Waals surface area contributed by atoms with Gasteiger partial charge < -0.3 is 5.32 Å². The summed E-state index contributed by atoms with van der Waals surface area (Å²) in [4.78, 5) is 0. The van der Waals surface area contributed by atoms with Crippen LogP contribution in [0.15, 0.2) is 0 Å². The molecule has 0 saturated carbocycles. The van der Waals surface area contributed by atoms with E-state index < -0.39 is 6.17 Å². The lowest BCUT2D eigenvalue weighted by Gasteiger charge is -2.24. The normalized spacial score (nSPS) is 32.0. The fourth-order valence-electron chi connectivity index (χ4n) is 1.27. The molecule has 2 heteroatoms. The zero-order chi connectivity index (χ0) is 6.69. The van der Waals surface area contributed by atoms with E-state index in [1.54, 1.807) is 6.92 Å². The summed E-state index contributed by atoms with van der Waals surface area (Å²) in [6.45, 7) is 2.63. The molecule has 1 N–H and O–H groups in total. The molecule has 1 rings (SSSR count). The lowest BCUT2D eigenvalue weighted by Crippen LogP contribution is -2.39. The summed E-state index contributed by atoms with van der Waals surface area (Å²) in [5, 5.41) is 3.14. The van der Waals surface area contributed by atoms with Gasteiger partial charge in [-0.15, -0.1) is 0 Å². The van der Waals surface area contributed by atoms with Crippen LogP contribution in [0.4, 0.5) is 4.39 Å². The third-order valence-corrected chi connectivity index (χ3v) is 1.90. The number of hydrogen-bond donors (Lipinski definition) is 1. The van der Waals surface area contributed by atoms with Gasteiger partial charge in [-0.2, -0.15) is 0 Å². The summed E-state index contributed by atoms with van der Waals surface area (Å²) >= 11 is 0. The third kappa shape index (κ3) is 1.94. The molecule has 0 aromatic carbocycles. The first-order chi connectivity index (χ1) is 4.30. The molecule has 0 unspecified atom stereocenters. The van der Waals surface area contributed by atoms with E-state index in [-0.39, 0.29) is 6.04 Å². The SMILES string of the molecule is C[C@@H](F)[C@@H]1CCCCN1. The van der Waals surface area contributed by atoms with Crippen LogP contribution in [0.1, 0.15) is 26.2 Å². The van der Waals surface area contributed by atoms with Gasteiger partial charge in [-0.3, -0.25) is 0 Å². The molecule has 0 amide bonds. The van der Waals surface area contributed by atoms with E-state index >= 15 is 0 Å². The van der Waals surface area contributed by atoms with Crippen molar-refractivity contribution in [2.45, 2.75) is 38.4 Å². The summed E-state index contributed by atoms with van der Waals surface area (Å²) in [5.74, 6) is 0. The highest BCUT2D eigenvalue weighted by Gasteiger charge is 2.17. The number of halogens is 1. The number of alkyl halides is 1. The van der Waals surface area contributed by atoms with Crippen LogP contribution in [0.25, 0.3) is 0 Å². The van der Waals surface area contributed by atoms with Crippen molar-refractivity contribution in [3.63, 3.8) is 0 Å². The second-order valence-corrected chi connectivity index (χ2v) is 2.73. The van der Waals surface area contributed by atoms with Crippen molar-refractivity contribution in [2.24, 2.45) is 0 Å². The van der Waals surface area contributed by atoms with E-state index in [1.807, 2.05) is 0 Å². The Balaban J connectivity index is 2.23. The minimum atomic E-state index is -0.676. The molecule has 1 aliphatic rings. The molecule has 0 aromatic rings. The van der Waals surface area contributed by atoms with E-state index in [0.29, 0.717) is 0 Å². The maximum Gasteiger partial charge on any atom is 0.113 e. The Morgan fingerprint density at radius 3 is 2.67 bits per heavy atom. The largest absolute Gasteiger partial charge is 0.311 e. The van der Waals surface area contributed by atoms with Gasteiger partial charge in [-0.25, -0.2) is 4.39 Å². The maximum absolute atomic E-state index is 12.5. The summed E-state index contributed by atoms with van der Waals surface area (Å²) in [5.41, 5.74) is 0. The summed E-state index contributed by atoms with van der Waals surface area (Å²) in [6, 6.07) is 0.138. The number of hydrogen-bond acceptors (Lipinski definition) is 1. The van der Waals surface area contributed by atoms with Gasteiger partial charge in [0.15, 0.2) is 0 Å². The average Bonchev–Trinajstić information content (AvgIpc) is 1.90. The van der Waals surface area contributed by atoms with Crippen molar-refractivity contribution in [1.82, 2.24) is 5.32 Å². The quantitative estimate of drug-likeness (QED) is 0.568. The Labute approximate surface area is 55.6 Å². The van der Waals surface area contributed by atoms with Crippen LogP contribution >= 0.6 is 0 Å². The second-order valence-electron chi connectivity index (χ2n) is 2.73. The summed E-state index contributed by atoms with van der Waals surface area (Å²) < 4.78 is 12.5. The zero-order valence-corrected chi connectivity index (χ0v) is 5.86. The van der Waals surface area contributed by atoms with Crippen LogP contribution in [0.3, 0.4) is 0 Å². The fraction of sp³-hybridized carbons (Fsp3) is 1.00. The van der Waals surface area contributed by atoms with Gasteiger partial charge in [0.05, 0.1) is 0 Å². The van der Waals surface area contributed by atoms with Gasteiger partial charge in [0.25, 0.3) is 0 Å². The predicted molar refractivity (Wildman–Crippen MR) is 36.2 cm³/mol. The number of nitrogens with one attached hydrogen (secondary N) is 1. The van der Waals surface area contributed by atoms with Crippen molar-refractivity contribution in [3.05, 3.63) is 0 Å². The lowest BCUT2D eigenvalue weighted by atomic mass is 10.0. The molecule has 2 atom stereocenters. The molecule has 1 nitrogen and oxygen atoms in total. The third-order valence-electron chi connectivity index (χ3n) is 1.90. The van der Waals surface area contributed by atoms with E-state index in [1.165, 1.54) is 12.8 Å². The Hall–Kier alpha value is -0.110. The molecule has 0 aromatic heterocycles. The van der Waals surface area contributed by atoms with E-state index in [9.17, 15) is 4.39 Å². The molecule has 1 aliphatic heterocycles. The van der Waals surface area contributed by atoms with Crippen molar-refractivity contribution < 1.29 is 4.39 Å². The monoisotopic (exact) mass is 131 g/mol. The average molecular weight is 131 g/mol. The molecule has 1 fully saturated rings. The van der Waals surface area contributed by atoms with E-state index in [0.717, 1.165) is 13.0 Å². The standard InChI is InChI=1S/C7H14FN/c1-6(8)7-4-2-3-5-9-7/h6-7,9H,2-5H2,1H3/t6-,7+/m1/s1. The van der Waals surface area contributed by atoms with Crippen LogP contribution < -0.4 is 5.32 Å². The predicted octanol–water partition coefficient (Wildman–Crippen LogP) is 1.49. The highest BCUT2D eigenvalue weighted by molar-refractivity contribution is 4.76. The van der Waals surface area contributed by atoms with Crippen LogP contribution in [-0.2, 0) is 0 Å². The van der Waals surface area contributed by atoms with Gasteiger partial charge in [-0.1, -0.05) is 6.42 Å². The smallest absolute Gasteiger partial charge is 0.113 e. The van der Waals surface area contributed by atoms with Crippen molar-refractivity contribution in [2.75, 3.05) is 6.54 Å². The molecule has 9 heavy (non-hydrogen) atoms. The molecule has 0 spiro atoms. The Kier molecular flexibility index (Phi) is 2.46. The molecule has 0 bridgehead atoms. The molecule has 1 saturated heterocycles. The van der Waals surface area contributed by atoms with Gasteiger partial charge >= 0.3 is 0 Å². The van der Waals surface area contributed by atoms with Crippen LogP contribution in [0.2, 0.25) is 0 Å². The van der Waals surface area contributed by atoms with Gasteiger partial charge in [0, 0.05) is 6.04 Å². The Morgan fingerprint density at radius 2 is 2.33 bits per heavy atom. The van der Waals surface area contributed by atoms with E-state index in [4.69, 9.17) is 0 Å². The molecular weight excluding hydrogens is 117 g/mol. The summed E-state index contributed by atoms with van der Waals surface area (Å²) in [7, 11) is 0. The topological polar surface area (TPSA) is 12.0 Å². The molecule has 0 aliphatic carbocycles. The van der Waals surface area contributed by atoms with Crippen LogP contribution in [0.5, 0.6) is 0 Å². The van der Waals surface area contributed by atoms with Gasteiger partial charge in [0.2, 0.25) is 0 Å². The maximum atomic E-state index is 12.5. The summed E-state index contributed by atoms with van der Waals surface area (Å²) in [6.07, 6.45) is 2.73. The minimum absolute atomic E-state index is 0.138. The van der Waals surface area contributed by atoms with E-state index in [2.05, 4.69) is 5.32 Å². The highest BCUT2D eigenvalue weighted by atomic mass is 19.1.